The molecule has 0 radical (unpaired) electrons. The van der Waals surface area contributed by atoms with Crippen molar-refractivity contribution in [1.82, 2.24) is 9.80 Å². The molecule has 1 fully saturated rings. The van der Waals surface area contributed by atoms with E-state index in [1.165, 1.54) is 41.3 Å². The van der Waals surface area contributed by atoms with Gasteiger partial charge in [-0.3, -0.25) is 14.5 Å². The number of rotatable bonds is 4. The molecule has 0 unspecified atom stereocenters. The second-order valence-corrected chi connectivity index (χ2v) is 6.75. The van der Waals surface area contributed by atoms with Crippen molar-refractivity contribution in [2.45, 2.75) is 19.4 Å². The van der Waals surface area contributed by atoms with E-state index in [1.54, 1.807) is 12.1 Å². The SMILES string of the molecule is O=C1C(c2ccc(F)cc2)=C(N2CCCC2)C(=O)N1Cc1ccc(F)cc1. The van der Waals surface area contributed by atoms with E-state index >= 15 is 0 Å². The van der Waals surface area contributed by atoms with Gasteiger partial charge in [-0.05, 0) is 48.2 Å². The monoisotopic (exact) mass is 368 g/mol. The number of amides is 2. The number of halogens is 2. The van der Waals surface area contributed by atoms with E-state index in [0.29, 0.717) is 35.5 Å². The predicted molar refractivity (Wildman–Crippen MR) is 96.1 cm³/mol. The number of nitrogens with zero attached hydrogens (tertiary/aromatic N) is 2. The second kappa shape index (κ2) is 6.95. The lowest BCUT2D eigenvalue weighted by Crippen LogP contribution is -2.34. The van der Waals surface area contributed by atoms with Crippen molar-refractivity contribution < 1.29 is 18.4 Å². The molecule has 27 heavy (non-hydrogen) atoms. The van der Waals surface area contributed by atoms with Gasteiger partial charge < -0.3 is 4.90 Å². The fourth-order valence-corrected chi connectivity index (χ4v) is 3.59. The van der Waals surface area contributed by atoms with Gasteiger partial charge in [0.15, 0.2) is 0 Å². The van der Waals surface area contributed by atoms with Crippen LogP contribution in [0.5, 0.6) is 0 Å². The first-order chi connectivity index (χ1) is 13.0. The van der Waals surface area contributed by atoms with E-state index in [9.17, 15) is 18.4 Å². The molecule has 2 aliphatic rings. The fourth-order valence-electron chi connectivity index (χ4n) is 3.59. The molecule has 6 heteroatoms. The number of hydrogen-bond donors (Lipinski definition) is 0. The molecule has 0 aliphatic carbocycles. The third-order valence-corrected chi connectivity index (χ3v) is 4.95. The first-order valence-corrected chi connectivity index (χ1v) is 8.90. The van der Waals surface area contributed by atoms with Gasteiger partial charge in [0.2, 0.25) is 0 Å². The molecule has 0 spiro atoms. The van der Waals surface area contributed by atoms with Crippen molar-refractivity contribution in [1.29, 1.82) is 0 Å². The maximum atomic E-state index is 13.3. The number of imide groups is 1. The Balaban J connectivity index is 1.72. The zero-order valence-electron chi connectivity index (χ0n) is 14.6. The second-order valence-electron chi connectivity index (χ2n) is 6.75. The number of carbonyl (C=O) groups excluding carboxylic acids is 2. The third-order valence-electron chi connectivity index (χ3n) is 4.95. The summed E-state index contributed by atoms with van der Waals surface area (Å²) < 4.78 is 26.5. The third kappa shape index (κ3) is 3.23. The van der Waals surface area contributed by atoms with Crippen molar-refractivity contribution in [3.63, 3.8) is 0 Å². The van der Waals surface area contributed by atoms with Gasteiger partial charge in [-0.1, -0.05) is 24.3 Å². The number of carbonyl (C=O) groups is 2. The summed E-state index contributed by atoms with van der Waals surface area (Å²) in [6, 6.07) is 11.3. The van der Waals surface area contributed by atoms with Gasteiger partial charge in [0.1, 0.15) is 17.3 Å². The molecule has 2 aromatic rings. The minimum Gasteiger partial charge on any atom is -0.366 e. The predicted octanol–water partition coefficient (Wildman–Crippen LogP) is 3.34. The van der Waals surface area contributed by atoms with Crippen LogP contribution < -0.4 is 0 Å². The van der Waals surface area contributed by atoms with Crippen molar-refractivity contribution in [2.24, 2.45) is 0 Å². The zero-order chi connectivity index (χ0) is 19.0. The Bertz CT molecular complexity index is 914. The Morgan fingerprint density at radius 3 is 1.93 bits per heavy atom. The largest absolute Gasteiger partial charge is 0.366 e. The molecule has 2 heterocycles. The topological polar surface area (TPSA) is 40.6 Å². The van der Waals surface area contributed by atoms with Gasteiger partial charge in [-0.2, -0.15) is 0 Å². The number of hydrogen-bond acceptors (Lipinski definition) is 3. The van der Waals surface area contributed by atoms with Gasteiger partial charge in [-0.15, -0.1) is 0 Å². The molecular formula is C21H18F2N2O2. The quantitative estimate of drug-likeness (QED) is 0.778. The highest BCUT2D eigenvalue weighted by atomic mass is 19.1. The van der Waals surface area contributed by atoms with E-state index < -0.39 is 11.7 Å². The summed E-state index contributed by atoms with van der Waals surface area (Å²) in [5.41, 5.74) is 1.88. The van der Waals surface area contributed by atoms with Crippen LogP contribution in [0.2, 0.25) is 0 Å². The van der Waals surface area contributed by atoms with Crippen LogP contribution in [0, 0.1) is 11.6 Å². The first-order valence-electron chi connectivity index (χ1n) is 8.90. The molecule has 0 atom stereocenters. The lowest BCUT2D eigenvalue weighted by Gasteiger charge is -2.20. The van der Waals surface area contributed by atoms with Gasteiger partial charge in [0.05, 0.1) is 12.1 Å². The van der Waals surface area contributed by atoms with Gasteiger partial charge in [0, 0.05) is 13.1 Å². The van der Waals surface area contributed by atoms with Crippen LogP contribution in [0.1, 0.15) is 24.0 Å². The Kier molecular flexibility index (Phi) is 4.48. The molecule has 2 aromatic carbocycles. The van der Waals surface area contributed by atoms with Gasteiger partial charge in [0.25, 0.3) is 11.8 Å². The van der Waals surface area contributed by atoms with Crippen LogP contribution in [0.25, 0.3) is 5.57 Å². The summed E-state index contributed by atoms with van der Waals surface area (Å²) in [6.45, 7) is 1.49. The minimum absolute atomic E-state index is 0.0694. The number of benzene rings is 2. The Morgan fingerprint density at radius 2 is 1.33 bits per heavy atom. The molecule has 0 N–H and O–H groups in total. The average Bonchev–Trinajstić information content (AvgIpc) is 3.26. The van der Waals surface area contributed by atoms with Gasteiger partial charge in [-0.25, -0.2) is 8.78 Å². The number of likely N-dealkylation sites (tertiary alicyclic amines) is 1. The van der Waals surface area contributed by atoms with Crippen molar-refractivity contribution in [2.75, 3.05) is 13.1 Å². The van der Waals surface area contributed by atoms with Crippen LogP contribution in [0.15, 0.2) is 54.2 Å². The zero-order valence-corrected chi connectivity index (χ0v) is 14.6. The smallest absolute Gasteiger partial charge is 0.278 e. The molecule has 2 aliphatic heterocycles. The van der Waals surface area contributed by atoms with E-state index in [-0.39, 0.29) is 18.3 Å². The highest BCUT2D eigenvalue weighted by Gasteiger charge is 2.42. The molecule has 4 rings (SSSR count). The van der Waals surface area contributed by atoms with Crippen LogP contribution in [0.3, 0.4) is 0 Å². The summed E-state index contributed by atoms with van der Waals surface area (Å²) in [5, 5.41) is 0. The van der Waals surface area contributed by atoms with Gasteiger partial charge >= 0.3 is 0 Å². The molecule has 4 nitrogen and oxygen atoms in total. The first kappa shape index (κ1) is 17.4. The summed E-state index contributed by atoms with van der Waals surface area (Å²) in [6.07, 6.45) is 1.92. The average molecular weight is 368 g/mol. The standard InChI is InChI=1S/C21H18F2N2O2/c22-16-7-3-14(4-8-16)13-25-20(26)18(15-5-9-17(23)10-6-15)19(21(25)27)24-11-1-2-12-24/h3-10H,1-2,11-13H2. The highest BCUT2D eigenvalue weighted by Crippen LogP contribution is 2.34. The van der Waals surface area contributed by atoms with E-state index in [4.69, 9.17) is 0 Å². The van der Waals surface area contributed by atoms with Crippen molar-refractivity contribution in [3.8, 4) is 0 Å². The van der Waals surface area contributed by atoms with Crippen LogP contribution in [0.4, 0.5) is 8.78 Å². The highest BCUT2D eigenvalue weighted by molar-refractivity contribution is 6.35. The lowest BCUT2D eigenvalue weighted by atomic mass is 10.0. The molecule has 138 valence electrons. The van der Waals surface area contributed by atoms with E-state index in [2.05, 4.69) is 0 Å². The Hall–Kier alpha value is -3.02. The Morgan fingerprint density at radius 1 is 0.778 bits per heavy atom. The fraction of sp³-hybridized carbons (Fsp3) is 0.238. The van der Waals surface area contributed by atoms with E-state index in [1.807, 2.05) is 4.90 Å². The maximum Gasteiger partial charge on any atom is 0.278 e. The van der Waals surface area contributed by atoms with Crippen LogP contribution in [-0.2, 0) is 16.1 Å². The van der Waals surface area contributed by atoms with Crippen LogP contribution >= 0.6 is 0 Å². The summed E-state index contributed by atoms with van der Waals surface area (Å²) in [5.74, 6) is -1.54. The normalized spacial score (nSPS) is 17.4. The molecule has 1 saturated heterocycles. The van der Waals surface area contributed by atoms with Crippen LogP contribution in [-0.4, -0.2) is 34.7 Å². The molecule has 0 aromatic heterocycles. The minimum atomic E-state index is -0.405. The summed E-state index contributed by atoms with van der Waals surface area (Å²) in [7, 11) is 0. The lowest BCUT2D eigenvalue weighted by molar-refractivity contribution is -0.138. The molecular weight excluding hydrogens is 350 g/mol. The van der Waals surface area contributed by atoms with E-state index in [0.717, 1.165) is 12.8 Å². The van der Waals surface area contributed by atoms with Crippen molar-refractivity contribution >= 4 is 17.4 Å². The molecule has 0 bridgehead atoms. The molecule has 2 amide bonds. The molecule has 0 saturated carbocycles. The maximum absolute atomic E-state index is 13.3. The Labute approximate surface area is 155 Å². The summed E-state index contributed by atoms with van der Waals surface area (Å²) >= 11 is 0. The summed E-state index contributed by atoms with van der Waals surface area (Å²) in [4.78, 5) is 29.3. The van der Waals surface area contributed by atoms with Crippen molar-refractivity contribution in [3.05, 3.63) is 77.0 Å².